The summed E-state index contributed by atoms with van der Waals surface area (Å²) in [6.07, 6.45) is 0.689. The van der Waals surface area contributed by atoms with Crippen molar-refractivity contribution < 1.29 is 15.0 Å². The molecule has 0 heterocycles. The molecule has 0 atom stereocenters. The van der Waals surface area contributed by atoms with Gasteiger partial charge in [0.15, 0.2) is 17.3 Å². The van der Waals surface area contributed by atoms with Gasteiger partial charge in [-0.1, -0.05) is 25.1 Å². The molecule has 3 nitrogen and oxygen atoms in total. The van der Waals surface area contributed by atoms with E-state index in [-0.39, 0.29) is 17.3 Å². The Labute approximate surface area is 99.3 Å². The van der Waals surface area contributed by atoms with Crippen molar-refractivity contribution in [2.45, 2.75) is 20.3 Å². The monoisotopic (exact) mass is 230 g/mol. The van der Waals surface area contributed by atoms with E-state index in [1.54, 1.807) is 18.2 Å². The second-order valence-electron chi connectivity index (χ2n) is 4.04. The molecule has 0 fully saturated rings. The van der Waals surface area contributed by atoms with Gasteiger partial charge >= 0.3 is 0 Å². The first-order valence-corrected chi connectivity index (χ1v) is 5.53. The van der Waals surface area contributed by atoms with Crippen LogP contribution in [0.3, 0.4) is 0 Å². The number of ketones is 1. The van der Waals surface area contributed by atoms with Crippen LogP contribution in [0, 0.1) is 0 Å². The maximum absolute atomic E-state index is 11.6. The molecule has 0 aromatic heterocycles. The Bertz CT molecular complexity index is 600. The summed E-state index contributed by atoms with van der Waals surface area (Å²) in [5, 5.41) is 20.7. The van der Waals surface area contributed by atoms with E-state index in [4.69, 9.17) is 0 Å². The van der Waals surface area contributed by atoms with Gasteiger partial charge in [0.2, 0.25) is 0 Å². The van der Waals surface area contributed by atoms with Gasteiger partial charge in [-0.2, -0.15) is 0 Å². The molecule has 0 aliphatic rings. The summed E-state index contributed by atoms with van der Waals surface area (Å²) in [6.45, 7) is 3.44. The standard InChI is InChI=1S/C14H14O3/c1-3-9-7-12(16)14(17)11-6-4-5-10(8(2)15)13(9)11/h4-7,16-17H,3H2,1-2H3. The maximum Gasteiger partial charge on any atom is 0.165 e. The largest absolute Gasteiger partial charge is 0.504 e. The number of carbonyl (C=O) groups is 1. The van der Waals surface area contributed by atoms with E-state index in [2.05, 4.69) is 0 Å². The smallest absolute Gasteiger partial charge is 0.165 e. The molecule has 0 aliphatic heterocycles. The van der Waals surface area contributed by atoms with Gasteiger partial charge in [-0.3, -0.25) is 4.79 Å². The first kappa shape index (κ1) is 11.5. The Morgan fingerprint density at radius 3 is 2.59 bits per heavy atom. The van der Waals surface area contributed by atoms with E-state index >= 15 is 0 Å². The number of rotatable bonds is 2. The van der Waals surface area contributed by atoms with Crippen molar-refractivity contribution >= 4 is 16.6 Å². The summed E-state index contributed by atoms with van der Waals surface area (Å²) in [4.78, 5) is 11.6. The third-order valence-corrected chi connectivity index (χ3v) is 2.95. The van der Waals surface area contributed by atoms with E-state index in [1.165, 1.54) is 13.0 Å². The molecule has 0 spiro atoms. The number of carbonyl (C=O) groups excluding carboxylic acids is 1. The molecular formula is C14H14O3. The van der Waals surface area contributed by atoms with Crippen LogP contribution in [0.25, 0.3) is 10.8 Å². The molecule has 0 saturated carbocycles. The highest BCUT2D eigenvalue weighted by molar-refractivity contribution is 6.10. The number of hydrogen-bond donors (Lipinski definition) is 2. The Balaban J connectivity index is 2.98. The Kier molecular flexibility index (Phi) is 2.76. The molecule has 0 amide bonds. The minimum atomic E-state index is -0.166. The van der Waals surface area contributed by atoms with E-state index in [9.17, 15) is 15.0 Å². The average molecular weight is 230 g/mol. The molecule has 2 aromatic rings. The molecule has 0 aliphatic carbocycles. The Hall–Kier alpha value is -2.03. The highest BCUT2D eigenvalue weighted by Gasteiger charge is 2.14. The van der Waals surface area contributed by atoms with Crippen molar-refractivity contribution in [2.24, 2.45) is 0 Å². The molecular weight excluding hydrogens is 216 g/mol. The fourth-order valence-electron chi connectivity index (χ4n) is 2.11. The van der Waals surface area contributed by atoms with Crippen molar-refractivity contribution in [1.82, 2.24) is 0 Å². The van der Waals surface area contributed by atoms with Crippen molar-refractivity contribution in [3.63, 3.8) is 0 Å². The number of benzene rings is 2. The number of aromatic hydroxyl groups is 2. The SMILES string of the molecule is CCc1cc(O)c(O)c2cccc(C(C)=O)c12. The lowest BCUT2D eigenvalue weighted by molar-refractivity contribution is 0.101. The quantitative estimate of drug-likeness (QED) is 0.616. The third kappa shape index (κ3) is 1.73. The molecule has 0 unspecified atom stereocenters. The van der Waals surface area contributed by atoms with Crippen molar-refractivity contribution in [3.8, 4) is 11.5 Å². The molecule has 2 N–H and O–H groups in total. The summed E-state index contributed by atoms with van der Waals surface area (Å²) in [6, 6.07) is 6.66. The average Bonchev–Trinajstić information content (AvgIpc) is 2.32. The zero-order valence-electron chi connectivity index (χ0n) is 9.82. The number of fused-ring (bicyclic) bond motifs is 1. The van der Waals surface area contributed by atoms with Gasteiger partial charge in [-0.15, -0.1) is 0 Å². The van der Waals surface area contributed by atoms with Crippen LogP contribution in [0.1, 0.15) is 29.8 Å². The summed E-state index contributed by atoms with van der Waals surface area (Å²) < 4.78 is 0. The first-order valence-electron chi connectivity index (χ1n) is 5.53. The van der Waals surface area contributed by atoms with Crippen LogP contribution in [-0.4, -0.2) is 16.0 Å². The van der Waals surface area contributed by atoms with Crippen molar-refractivity contribution in [3.05, 3.63) is 35.4 Å². The Morgan fingerprint density at radius 2 is 2.00 bits per heavy atom. The zero-order valence-corrected chi connectivity index (χ0v) is 9.82. The molecule has 0 saturated heterocycles. The molecule has 2 aromatic carbocycles. The van der Waals surface area contributed by atoms with Gasteiger partial charge in [0.25, 0.3) is 0 Å². The van der Waals surface area contributed by atoms with E-state index < -0.39 is 0 Å². The van der Waals surface area contributed by atoms with Crippen LogP contribution in [0.2, 0.25) is 0 Å². The van der Waals surface area contributed by atoms with Crippen LogP contribution in [0.5, 0.6) is 11.5 Å². The normalized spacial score (nSPS) is 10.7. The molecule has 0 bridgehead atoms. The van der Waals surface area contributed by atoms with E-state index in [0.717, 1.165) is 10.9 Å². The van der Waals surface area contributed by atoms with Crippen LogP contribution < -0.4 is 0 Å². The predicted octanol–water partition coefficient (Wildman–Crippen LogP) is 3.02. The molecule has 3 heteroatoms. The van der Waals surface area contributed by atoms with Gasteiger partial charge in [0, 0.05) is 10.9 Å². The summed E-state index contributed by atoms with van der Waals surface area (Å²) in [7, 11) is 0. The third-order valence-electron chi connectivity index (χ3n) is 2.95. The van der Waals surface area contributed by atoms with Crippen LogP contribution in [0.15, 0.2) is 24.3 Å². The lowest BCUT2D eigenvalue weighted by Crippen LogP contribution is -1.97. The number of hydrogen-bond acceptors (Lipinski definition) is 3. The summed E-state index contributed by atoms with van der Waals surface area (Å²) in [5.74, 6) is -0.356. The van der Waals surface area contributed by atoms with Gasteiger partial charge in [0.1, 0.15) is 0 Å². The van der Waals surface area contributed by atoms with Gasteiger partial charge in [-0.05, 0) is 30.4 Å². The van der Waals surface area contributed by atoms with Crippen molar-refractivity contribution in [2.75, 3.05) is 0 Å². The number of phenols is 2. The fraction of sp³-hybridized carbons (Fsp3) is 0.214. The van der Waals surface area contributed by atoms with E-state index in [0.29, 0.717) is 17.4 Å². The predicted molar refractivity (Wildman–Crippen MR) is 66.7 cm³/mol. The highest BCUT2D eigenvalue weighted by atomic mass is 16.3. The second kappa shape index (κ2) is 4.09. The fourth-order valence-corrected chi connectivity index (χ4v) is 2.11. The molecule has 88 valence electrons. The van der Waals surface area contributed by atoms with Crippen molar-refractivity contribution in [1.29, 1.82) is 0 Å². The number of Topliss-reactive ketones (excluding diaryl/α,β-unsaturated/α-hetero) is 1. The lowest BCUT2D eigenvalue weighted by atomic mass is 9.95. The van der Waals surface area contributed by atoms with Gasteiger partial charge < -0.3 is 10.2 Å². The van der Waals surface area contributed by atoms with Gasteiger partial charge in [-0.25, -0.2) is 0 Å². The Morgan fingerprint density at radius 1 is 1.29 bits per heavy atom. The summed E-state index contributed by atoms with van der Waals surface area (Å²) in [5.41, 5.74) is 1.44. The number of aryl methyl sites for hydroxylation is 1. The second-order valence-corrected chi connectivity index (χ2v) is 4.04. The van der Waals surface area contributed by atoms with E-state index in [1.807, 2.05) is 6.92 Å². The van der Waals surface area contributed by atoms with Crippen LogP contribution in [0.4, 0.5) is 0 Å². The zero-order chi connectivity index (χ0) is 12.6. The first-order chi connectivity index (χ1) is 8.06. The number of phenolic OH excluding ortho intramolecular Hbond substituents is 2. The van der Waals surface area contributed by atoms with Crippen LogP contribution in [-0.2, 0) is 6.42 Å². The maximum atomic E-state index is 11.6. The minimum Gasteiger partial charge on any atom is -0.504 e. The lowest BCUT2D eigenvalue weighted by Gasteiger charge is -2.11. The van der Waals surface area contributed by atoms with Crippen LogP contribution >= 0.6 is 0 Å². The summed E-state index contributed by atoms with van der Waals surface area (Å²) >= 11 is 0. The topological polar surface area (TPSA) is 57.5 Å². The highest BCUT2D eigenvalue weighted by Crippen LogP contribution is 2.37. The van der Waals surface area contributed by atoms with Gasteiger partial charge in [0.05, 0.1) is 0 Å². The molecule has 0 radical (unpaired) electrons. The molecule has 17 heavy (non-hydrogen) atoms. The molecule has 2 rings (SSSR count). The minimum absolute atomic E-state index is 0.0459.